The molecule has 2 unspecified atom stereocenters. The van der Waals surface area contributed by atoms with E-state index in [4.69, 9.17) is 30.7 Å². The van der Waals surface area contributed by atoms with Crippen molar-refractivity contribution in [2.75, 3.05) is 31.7 Å². The first kappa shape index (κ1) is 43.5. The van der Waals surface area contributed by atoms with Gasteiger partial charge in [0.1, 0.15) is 30.0 Å². The number of phenols is 3. The molecule has 17 nitrogen and oxygen atoms in total. The minimum atomic E-state index is -1.88. The van der Waals surface area contributed by atoms with Crippen molar-refractivity contribution in [2.24, 2.45) is 11.5 Å². The number of rotatable bonds is 13. The zero-order valence-electron chi connectivity index (χ0n) is 36.3. The molecule has 64 heavy (non-hydrogen) atoms. The molecule has 6 aromatic rings. The summed E-state index contributed by atoms with van der Waals surface area (Å²) in [6.07, 6.45) is 0.572. The molecule has 0 radical (unpaired) electrons. The molecule has 0 fully saturated rings. The maximum absolute atomic E-state index is 14.1. The van der Waals surface area contributed by atoms with Crippen LogP contribution in [0.5, 0.6) is 17.2 Å². The number of hydrogen-bond acceptors (Lipinski definition) is 12. The van der Waals surface area contributed by atoms with Crippen LogP contribution in [0.15, 0.2) is 71.7 Å². The van der Waals surface area contributed by atoms with Crippen LogP contribution in [-0.4, -0.2) is 79.2 Å². The Hall–Kier alpha value is -7.11. The smallest absolute Gasteiger partial charge is 0.411 e. The van der Waals surface area contributed by atoms with Crippen LogP contribution in [0.25, 0.3) is 33.2 Å². The lowest BCUT2D eigenvalue weighted by atomic mass is 9.85. The molecule has 0 saturated heterocycles. The molecule has 0 saturated carbocycles. The van der Waals surface area contributed by atoms with E-state index in [0.717, 1.165) is 27.4 Å². The summed E-state index contributed by atoms with van der Waals surface area (Å²) in [7, 11) is 1.53. The number of nitrogens with two attached hydrogens (primary N) is 2. The van der Waals surface area contributed by atoms with E-state index in [2.05, 4.69) is 0 Å². The summed E-state index contributed by atoms with van der Waals surface area (Å²) in [6, 6.07) is 15.8. The van der Waals surface area contributed by atoms with E-state index in [1.165, 1.54) is 22.9 Å². The molecule has 0 aliphatic carbocycles. The Bertz CT molecular complexity index is 2920. The second-order valence-corrected chi connectivity index (χ2v) is 16.5. The molecule has 17 heteroatoms. The predicted molar refractivity (Wildman–Crippen MR) is 238 cm³/mol. The second-order valence-electron chi connectivity index (χ2n) is 16.5. The van der Waals surface area contributed by atoms with E-state index in [0.29, 0.717) is 41.1 Å². The first-order valence-electron chi connectivity index (χ1n) is 21.2. The number of benzene rings is 3. The lowest BCUT2D eigenvalue weighted by Gasteiger charge is -2.36. The molecule has 8 rings (SSSR count). The number of hydrogen-bond donors (Lipinski definition) is 5. The van der Waals surface area contributed by atoms with Crippen molar-refractivity contribution in [2.45, 2.75) is 77.9 Å². The van der Waals surface area contributed by atoms with Gasteiger partial charge in [0, 0.05) is 71.1 Å². The van der Waals surface area contributed by atoms with Gasteiger partial charge in [-0.15, -0.1) is 0 Å². The number of pyridine rings is 2. The van der Waals surface area contributed by atoms with Crippen LogP contribution >= 0.6 is 0 Å². The third-order valence-corrected chi connectivity index (χ3v) is 12.4. The highest BCUT2D eigenvalue weighted by Crippen LogP contribution is 2.43. The monoisotopic (exact) mass is 873 g/mol. The molecular formula is C47H51N7O10. The van der Waals surface area contributed by atoms with Gasteiger partial charge in [0.2, 0.25) is 5.60 Å². The summed E-state index contributed by atoms with van der Waals surface area (Å²) in [5.41, 5.74) is 16.2. The number of primary amides is 1. The average molecular weight is 874 g/mol. The topological polar surface area (TPSA) is 238 Å². The Morgan fingerprint density at radius 1 is 0.969 bits per heavy atom. The van der Waals surface area contributed by atoms with Gasteiger partial charge in [-0.25, -0.2) is 19.4 Å². The molecule has 0 spiro atoms. The fraction of sp³-hybridized carbons (Fsp3) is 0.340. The summed E-state index contributed by atoms with van der Waals surface area (Å²) in [5, 5.41) is 32.8. The van der Waals surface area contributed by atoms with Gasteiger partial charge in [-0.2, -0.15) is 0 Å². The van der Waals surface area contributed by atoms with E-state index in [1.54, 1.807) is 54.0 Å². The van der Waals surface area contributed by atoms with E-state index >= 15 is 0 Å². The van der Waals surface area contributed by atoms with Crippen molar-refractivity contribution in [3.63, 3.8) is 0 Å². The molecule has 3 aromatic carbocycles. The van der Waals surface area contributed by atoms with Gasteiger partial charge in [-0.05, 0) is 84.5 Å². The molecular weight excluding hydrogens is 823 g/mol. The third kappa shape index (κ3) is 7.39. The van der Waals surface area contributed by atoms with Crippen molar-refractivity contribution in [3.8, 4) is 28.6 Å². The van der Waals surface area contributed by atoms with Gasteiger partial charge in [0.25, 0.3) is 5.56 Å². The number of urea groups is 1. The number of amides is 3. The van der Waals surface area contributed by atoms with Crippen LogP contribution < -0.4 is 21.9 Å². The van der Waals surface area contributed by atoms with Crippen LogP contribution in [0.1, 0.15) is 79.6 Å². The van der Waals surface area contributed by atoms with Crippen LogP contribution in [0.3, 0.4) is 0 Å². The molecule has 2 aliphatic rings. The molecule has 2 atom stereocenters. The maximum atomic E-state index is 14.1. The number of cyclic esters (lactones) is 1. The van der Waals surface area contributed by atoms with Crippen molar-refractivity contribution >= 4 is 45.6 Å². The summed E-state index contributed by atoms with van der Waals surface area (Å²) in [4.78, 5) is 61.5. The third-order valence-electron chi connectivity index (χ3n) is 12.4. The van der Waals surface area contributed by atoms with Gasteiger partial charge in [0.05, 0.1) is 42.2 Å². The number of aryl methyl sites for hydroxylation is 1. The Labute approximate surface area is 368 Å². The number of esters is 1. The lowest BCUT2D eigenvalue weighted by Crippen LogP contribution is -2.49. The average Bonchev–Trinajstić information content (AvgIpc) is 3.84. The number of phenolic OH excluding ortho intramolecular Hbond substituents is 3. The fourth-order valence-electron chi connectivity index (χ4n) is 8.90. The Morgan fingerprint density at radius 2 is 1.73 bits per heavy atom. The quantitative estimate of drug-likeness (QED) is 0.0497. The molecule has 0 bridgehead atoms. The number of anilines is 1. The summed E-state index contributed by atoms with van der Waals surface area (Å²) in [6.45, 7) is 8.47. The molecule has 5 heterocycles. The normalized spacial score (nSPS) is 15.8. The maximum Gasteiger partial charge on any atom is 0.411 e. The first-order chi connectivity index (χ1) is 30.6. The number of carbonyl (C=O) groups excluding carboxylic acids is 3. The minimum absolute atomic E-state index is 0.0100. The van der Waals surface area contributed by atoms with Crippen LogP contribution in [0.2, 0.25) is 0 Å². The highest BCUT2D eigenvalue weighted by atomic mass is 16.6. The highest BCUT2D eigenvalue weighted by molar-refractivity contribution is 5.95. The highest BCUT2D eigenvalue weighted by Gasteiger charge is 2.51. The van der Waals surface area contributed by atoms with Gasteiger partial charge in [-0.1, -0.05) is 27.7 Å². The number of likely N-dealkylation sites (N-methyl/N-ethyl adjacent to an activating group) is 1. The number of aromatic nitrogens is 3. The largest absolute Gasteiger partial charge is 0.508 e. The van der Waals surface area contributed by atoms with Gasteiger partial charge >= 0.3 is 18.1 Å². The van der Waals surface area contributed by atoms with Crippen LogP contribution in [0, 0.1) is 0 Å². The van der Waals surface area contributed by atoms with Crippen molar-refractivity contribution in [1.82, 2.24) is 19.0 Å². The van der Waals surface area contributed by atoms with E-state index < -0.39 is 29.9 Å². The van der Waals surface area contributed by atoms with Gasteiger partial charge in [-0.3, -0.25) is 9.69 Å². The van der Waals surface area contributed by atoms with E-state index in [1.807, 2.05) is 43.7 Å². The SMILES string of the molecule is CCc1c2c(nc3ccc(O)cc13)-c1cc3c(c(=O)n1C2)COC(=O)C3(CC)OC(=O)N(C)CCOCCn1ccc2cc(N(C(N)=O)C(N)c3cc(C(C)C)c(O)cc3O)ccc21. The Balaban J connectivity index is 0.927. The number of aromatic hydroxyl groups is 3. The van der Waals surface area contributed by atoms with Crippen LogP contribution in [-0.2, 0) is 50.7 Å². The minimum Gasteiger partial charge on any atom is -0.508 e. The number of carbonyl (C=O) groups is 3. The van der Waals surface area contributed by atoms with Crippen molar-refractivity contribution in [1.29, 1.82) is 0 Å². The molecule has 7 N–H and O–H groups in total. The molecule has 3 aromatic heterocycles. The van der Waals surface area contributed by atoms with E-state index in [9.17, 15) is 34.5 Å². The van der Waals surface area contributed by atoms with Gasteiger partial charge in [0.15, 0.2) is 0 Å². The summed E-state index contributed by atoms with van der Waals surface area (Å²) >= 11 is 0. The summed E-state index contributed by atoms with van der Waals surface area (Å²) in [5.74, 6) is -1.07. The number of ether oxygens (including phenoxy) is 3. The molecule has 2 aliphatic heterocycles. The summed E-state index contributed by atoms with van der Waals surface area (Å²) < 4.78 is 21.0. The van der Waals surface area contributed by atoms with Crippen LogP contribution in [0.4, 0.5) is 15.3 Å². The number of fused-ring (bicyclic) bond motifs is 6. The van der Waals surface area contributed by atoms with Crippen molar-refractivity contribution < 1.29 is 43.9 Å². The van der Waals surface area contributed by atoms with Gasteiger partial charge < -0.3 is 55.0 Å². The predicted octanol–water partition coefficient (Wildman–Crippen LogP) is 6.17. The second kappa shape index (κ2) is 16.9. The Morgan fingerprint density at radius 3 is 2.45 bits per heavy atom. The van der Waals surface area contributed by atoms with Crippen molar-refractivity contribution in [3.05, 3.63) is 111 Å². The number of nitrogens with zero attached hydrogens (tertiary/aromatic N) is 5. The zero-order valence-corrected chi connectivity index (χ0v) is 36.3. The standard InChI is InChI=1S/C47H51N7O10/c1-6-29-31-19-28(55)9-10-36(31)50-41-33(29)23-53-38(41)21-35-34(43(53)58)24-63-44(59)47(35,7-2)64-46(61)51(5)14-16-62-17-15-52-13-12-26-18-27(8-11-37(26)52)54(45(49)60)42(48)32-20-30(25(3)4)39(56)22-40(32)57/h8-13,18-22,25,42,55-57H,6-7,14-17,23-24,48H2,1-5H3,(H2,49,60). The zero-order chi connectivity index (χ0) is 45.8. The first-order valence-corrected chi connectivity index (χ1v) is 21.2. The molecule has 3 amide bonds. The van der Waals surface area contributed by atoms with E-state index in [-0.39, 0.29) is 84.7 Å². The molecule has 334 valence electrons. The Kier molecular flexibility index (Phi) is 11.5. The lowest BCUT2D eigenvalue weighted by molar-refractivity contribution is -0.173. The fourth-order valence-corrected chi connectivity index (χ4v) is 8.90.